The number of carbonyl (C=O) groups excluding carboxylic acids is 1. The van der Waals surface area contributed by atoms with Crippen LogP contribution in [0.5, 0.6) is 0 Å². The van der Waals surface area contributed by atoms with E-state index in [9.17, 15) is 14.8 Å². The van der Waals surface area contributed by atoms with E-state index < -0.39 is 13.0 Å². The maximum atomic E-state index is 11.9. The standard InChI is InChI=1S/C24H26BN5O3/c1-14(2)20-12-22(27-13-16-6-4-7-17(11-16)25(32)33)29-24(28-20)30-15(3)10-19-18(23(26)31)8-5-9-21(19)30/h4-12,14,32-33H,13H2,1-3H3,(H2,26,31)(H,27,28,29). The lowest BCUT2D eigenvalue weighted by atomic mass is 9.80. The van der Waals surface area contributed by atoms with Gasteiger partial charge in [0.15, 0.2) is 0 Å². The second kappa shape index (κ2) is 9.05. The van der Waals surface area contributed by atoms with Crippen molar-refractivity contribution in [3.8, 4) is 5.95 Å². The van der Waals surface area contributed by atoms with Crippen molar-refractivity contribution in [2.75, 3.05) is 5.32 Å². The van der Waals surface area contributed by atoms with E-state index in [1.165, 1.54) is 0 Å². The molecule has 33 heavy (non-hydrogen) atoms. The van der Waals surface area contributed by atoms with Gasteiger partial charge in [-0.1, -0.05) is 44.2 Å². The molecule has 0 fully saturated rings. The molecule has 0 aliphatic rings. The van der Waals surface area contributed by atoms with Gasteiger partial charge in [-0.25, -0.2) is 4.98 Å². The van der Waals surface area contributed by atoms with Crippen molar-refractivity contribution in [1.29, 1.82) is 0 Å². The van der Waals surface area contributed by atoms with Crippen molar-refractivity contribution in [2.45, 2.75) is 33.2 Å². The summed E-state index contributed by atoms with van der Waals surface area (Å²) in [6.45, 7) is 6.52. The summed E-state index contributed by atoms with van der Waals surface area (Å²) >= 11 is 0. The normalized spacial score (nSPS) is 11.2. The predicted octanol–water partition coefficient (Wildman–Crippen LogP) is 2.24. The highest BCUT2D eigenvalue weighted by Gasteiger charge is 2.17. The van der Waals surface area contributed by atoms with Crippen LogP contribution in [0.25, 0.3) is 16.9 Å². The minimum atomic E-state index is -1.52. The lowest BCUT2D eigenvalue weighted by molar-refractivity contribution is 0.100. The number of primary amides is 1. The maximum Gasteiger partial charge on any atom is 0.488 e. The van der Waals surface area contributed by atoms with Gasteiger partial charge in [0.25, 0.3) is 0 Å². The summed E-state index contributed by atoms with van der Waals surface area (Å²) in [6.07, 6.45) is 0. The quantitative estimate of drug-likeness (QED) is 0.325. The number of amides is 1. The Morgan fingerprint density at radius 1 is 1.12 bits per heavy atom. The average Bonchev–Trinajstić information content (AvgIpc) is 3.13. The van der Waals surface area contributed by atoms with Crippen LogP contribution in [-0.4, -0.2) is 37.6 Å². The zero-order chi connectivity index (χ0) is 23.7. The molecular formula is C24H26BN5O3. The molecule has 5 N–H and O–H groups in total. The first kappa shape index (κ1) is 22.5. The Morgan fingerprint density at radius 3 is 2.58 bits per heavy atom. The smallest absolute Gasteiger partial charge is 0.423 e. The topological polar surface area (TPSA) is 126 Å². The van der Waals surface area contributed by atoms with Crippen LogP contribution in [0.1, 0.15) is 47.1 Å². The van der Waals surface area contributed by atoms with Crippen LogP contribution in [0.2, 0.25) is 0 Å². The fourth-order valence-corrected chi connectivity index (χ4v) is 3.84. The summed E-state index contributed by atoms with van der Waals surface area (Å²) in [5.41, 5.74) is 9.91. The van der Waals surface area contributed by atoms with E-state index in [0.29, 0.717) is 29.3 Å². The lowest BCUT2D eigenvalue weighted by Gasteiger charge is -2.14. The molecule has 2 heterocycles. The Kier molecular flexibility index (Phi) is 6.17. The first-order valence-electron chi connectivity index (χ1n) is 10.7. The van der Waals surface area contributed by atoms with E-state index in [-0.39, 0.29) is 5.92 Å². The fourth-order valence-electron chi connectivity index (χ4n) is 3.84. The number of benzene rings is 2. The molecule has 8 nitrogen and oxygen atoms in total. The third-order valence-electron chi connectivity index (χ3n) is 5.54. The Hall–Kier alpha value is -3.69. The van der Waals surface area contributed by atoms with Gasteiger partial charge in [0.2, 0.25) is 11.9 Å². The Balaban J connectivity index is 1.75. The van der Waals surface area contributed by atoms with E-state index in [2.05, 4.69) is 19.2 Å². The van der Waals surface area contributed by atoms with Gasteiger partial charge in [-0.15, -0.1) is 0 Å². The molecule has 0 aliphatic carbocycles. The molecule has 4 rings (SSSR count). The third kappa shape index (κ3) is 4.60. The second-order valence-corrected chi connectivity index (χ2v) is 8.33. The van der Waals surface area contributed by atoms with Gasteiger partial charge in [0.1, 0.15) is 5.82 Å². The van der Waals surface area contributed by atoms with Crippen LogP contribution < -0.4 is 16.5 Å². The molecule has 0 aliphatic heterocycles. The van der Waals surface area contributed by atoms with Gasteiger partial charge in [0.05, 0.1) is 11.2 Å². The first-order valence-corrected chi connectivity index (χ1v) is 10.7. The van der Waals surface area contributed by atoms with Crippen LogP contribution in [0.15, 0.2) is 54.6 Å². The fraction of sp³-hybridized carbons (Fsp3) is 0.208. The zero-order valence-electron chi connectivity index (χ0n) is 18.8. The van der Waals surface area contributed by atoms with E-state index in [1.807, 2.05) is 35.8 Å². The summed E-state index contributed by atoms with van der Waals surface area (Å²) in [5.74, 6) is 0.832. The molecule has 168 valence electrons. The number of nitrogens with zero attached hydrogens (tertiary/aromatic N) is 3. The molecule has 1 amide bonds. The Labute approximate surface area is 192 Å². The molecular weight excluding hydrogens is 417 g/mol. The van der Waals surface area contributed by atoms with Crippen LogP contribution in [-0.2, 0) is 6.54 Å². The summed E-state index contributed by atoms with van der Waals surface area (Å²) in [6, 6.07) is 16.3. The molecule has 2 aromatic carbocycles. The highest BCUT2D eigenvalue weighted by molar-refractivity contribution is 6.58. The van der Waals surface area contributed by atoms with E-state index >= 15 is 0 Å². The predicted molar refractivity (Wildman–Crippen MR) is 130 cm³/mol. The number of aryl methyl sites for hydroxylation is 1. The number of anilines is 1. The van der Waals surface area contributed by atoms with E-state index in [4.69, 9.17) is 15.7 Å². The highest BCUT2D eigenvalue weighted by Crippen LogP contribution is 2.27. The van der Waals surface area contributed by atoms with Crippen LogP contribution >= 0.6 is 0 Å². The number of carbonyl (C=O) groups is 1. The Morgan fingerprint density at radius 2 is 1.88 bits per heavy atom. The molecule has 0 radical (unpaired) electrons. The maximum absolute atomic E-state index is 11.9. The van der Waals surface area contributed by atoms with Gasteiger partial charge in [-0.2, -0.15) is 4.98 Å². The number of hydrogen-bond acceptors (Lipinski definition) is 6. The molecule has 0 bridgehead atoms. The molecule has 2 aromatic heterocycles. The summed E-state index contributed by atoms with van der Waals surface area (Å²) in [7, 11) is -1.52. The number of nitrogens with two attached hydrogens (primary N) is 1. The lowest BCUT2D eigenvalue weighted by Crippen LogP contribution is -2.30. The minimum absolute atomic E-state index is 0.170. The number of hydrogen-bond donors (Lipinski definition) is 4. The molecule has 0 saturated heterocycles. The summed E-state index contributed by atoms with van der Waals surface area (Å²) < 4.78 is 1.92. The van der Waals surface area contributed by atoms with Gasteiger partial charge in [-0.05, 0) is 42.1 Å². The van der Waals surface area contributed by atoms with Crippen molar-refractivity contribution in [1.82, 2.24) is 14.5 Å². The first-order chi connectivity index (χ1) is 15.7. The zero-order valence-corrected chi connectivity index (χ0v) is 18.8. The average molecular weight is 443 g/mol. The number of nitrogens with one attached hydrogen (secondary N) is 1. The van der Waals surface area contributed by atoms with Gasteiger partial charge < -0.3 is 21.1 Å². The van der Waals surface area contributed by atoms with E-state index in [0.717, 1.165) is 27.9 Å². The minimum Gasteiger partial charge on any atom is -0.423 e. The molecule has 9 heteroatoms. The molecule has 4 aromatic rings. The van der Waals surface area contributed by atoms with Crippen molar-refractivity contribution in [2.24, 2.45) is 5.73 Å². The molecule has 0 unspecified atom stereocenters. The number of rotatable bonds is 7. The Bertz CT molecular complexity index is 1330. The van der Waals surface area contributed by atoms with Crippen LogP contribution in [0.3, 0.4) is 0 Å². The van der Waals surface area contributed by atoms with Gasteiger partial charge in [0, 0.05) is 29.3 Å². The van der Waals surface area contributed by atoms with Crippen molar-refractivity contribution < 1.29 is 14.8 Å². The van der Waals surface area contributed by atoms with Crippen LogP contribution in [0, 0.1) is 6.92 Å². The van der Waals surface area contributed by atoms with E-state index in [1.54, 1.807) is 30.3 Å². The summed E-state index contributed by atoms with van der Waals surface area (Å²) in [5, 5.41) is 22.9. The summed E-state index contributed by atoms with van der Waals surface area (Å²) in [4.78, 5) is 21.4. The van der Waals surface area contributed by atoms with Gasteiger partial charge >= 0.3 is 7.12 Å². The SMILES string of the molecule is Cc1cc2c(C(N)=O)cccc2n1-c1nc(NCc2cccc(B(O)O)c2)cc(C(C)C)n1. The third-order valence-corrected chi connectivity index (χ3v) is 5.54. The van der Waals surface area contributed by atoms with Crippen molar-refractivity contribution in [3.63, 3.8) is 0 Å². The number of fused-ring (bicyclic) bond motifs is 1. The van der Waals surface area contributed by atoms with Crippen molar-refractivity contribution in [3.05, 3.63) is 77.1 Å². The largest absolute Gasteiger partial charge is 0.488 e. The monoisotopic (exact) mass is 443 g/mol. The van der Waals surface area contributed by atoms with Crippen molar-refractivity contribution >= 4 is 35.2 Å². The second-order valence-electron chi connectivity index (χ2n) is 8.33. The highest BCUT2D eigenvalue weighted by atomic mass is 16.4. The van der Waals surface area contributed by atoms with Gasteiger partial charge in [-0.3, -0.25) is 9.36 Å². The molecule has 0 spiro atoms. The number of aromatic nitrogens is 3. The molecule has 0 atom stereocenters. The van der Waals surface area contributed by atoms with Crippen LogP contribution in [0.4, 0.5) is 5.82 Å². The molecule has 0 saturated carbocycles.